The Labute approximate surface area is 72.5 Å². The normalized spacial score (nSPS) is 10.3. The molecule has 0 aromatic carbocycles. The molecule has 0 aromatic heterocycles. The van der Waals surface area contributed by atoms with Crippen molar-refractivity contribution in [3.05, 3.63) is 0 Å². The highest BCUT2D eigenvalue weighted by molar-refractivity contribution is 7.79. The summed E-state index contributed by atoms with van der Waals surface area (Å²) in [6, 6.07) is 0. The molecule has 0 fully saturated rings. The molecule has 0 spiro atoms. The molecule has 0 saturated heterocycles. The molecule has 0 aliphatic rings. The monoisotopic (exact) mass is 200 g/mol. The second-order valence-corrected chi connectivity index (χ2v) is 2.98. The van der Waals surface area contributed by atoms with Crippen molar-refractivity contribution in [2.75, 3.05) is 13.1 Å². The van der Waals surface area contributed by atoms with Gasteiger partial charge in [0.1, 0.15) is 0 Å². The molecule has 12 heavy (non-hydrogen) atoms. The van der Waals surface area contributed by atoms with Gasteiger partial charge in [-0.3, -0.25) is 9.11 Å². The smallest absolute Gasteiger partial charge is 0.330 e. The van der Waals surface area contributed by atoms with Crippen LogP contribution < -0.4 is 11.5 Å². The fourth-order valence-electron chi connectivity index (χ4n) is 0.465. The zero-order chi connectivity index (χ0) is 10.0. The van der Waals surface area contributed by atoms with Crippen LogP contribution in [0.3, 0.4) is 0 Å². The first-order valence-corrected chi connectivity index (χ1v) is 4.91. The SMILES string of the molecule is NCCCCCN.O=S(=O)(O)O. The Morgan fingerprint density at radius 2 is 1.17 bits per heavy atom. The van der Waals surface area contributed by atoms with E-state index in [0.29, 0.717) is 0 Å². The van der Waals surface area contributed by atoms with Gasteiger partial charge >= 0.3 is 10.4 Å². The zero-order valence-corrected chi connectivity index (χ0v) is 7.63. The van der Waals surface area contributed by atoms with Crippen LogP contribution in [0.4, 0.5) is 0 Å². The van der Waals surface area contributed by atoms with Gasteiger partial charge in [0.2, 0.25) is 0 Å². The zero-order valence-electron chi connectivity index (χ0n) is 6.81. The second kappa shape index (κ2) is 8.88. The summed E-state index contributed by atoms with van der Waals surface area (Å²) in [6.07, 6.45) is 3.43. The van der Waals surface area contributed by atoms with Crippen LogP contribution in [0.1, 0.15) is 19.3 Å². The van der Waals surface area contributed by atoms with Crippen LogP contribution >= 0.6 is 0 Å². The van der Waals surface area contributed by atoms with E-state index in [1.807, 2.05) is 0 Å². The Morgan fingerprint density at radius 1 is 0.917 bits per heavy atom. The van der Waals surface area contributed by atoms with Crippen molar-refractivity contribution >= 4 is 10.4 Å². The van der Waals surface area contributed by atoms with Gasteiger partial charge in [-0.25, -0.2) is 0 Å². The number of rotatable bonds is 4. The maximum Gasteiger partial charge on any atom is 0.394 e. The molecule has 0 atom stereocenters. The van der Waals surface area contributed by atoms with Crippen LogP contribution in [-0.4, -0.2) is 30.6 Å². The van der Waals surface area contributed by atoms with E-state index in [-0.39, 0.29) is 0 Å². The van der Waals surface area contributed by atoms with Crippen LogP contribution in [0.15, 0.2) is 0 Å². The van der Waals surface area contributed by atoms with E-state index in [9.17, 15) is 0 Å². The molecule has 76 valence electrons. The molecule has 7 heteroatoms. The van der Waals surface area contributed by atoms with Crippen LogP contribution in [-0.2, 0) is 10.4 Å². The minimum Gasteiger partial charge on any atom is -0.330 e. The van der Waals surface area contributed by atoms with Crippen molar-refractivity contribution in [3.8, 4) is 0 Å². The quantitative estimate of drug-likeness (QED) is 0.355. The summed E-state index contributed by atoms with van der Waals surface area (Å²) in [4.78, 5) is 0. The number of nitrogens with two attached hydrogens (primary N) is 2. The van der Waals surface area contributed by atoms with Gasteiger partial charge in [0, 0.05) is 0 Å². The maximum atomic E-state index is 8.74. The predicted octanol–water partition coefficient (Wildman–Crippen LogP) is -0.579. The summed E-state index contributed by atoms with van der Waals surface area (Å²) in [7, 11) is -4.67. The summed E-state index contributed by atoms with van der Waals surface area (Å²) in [5.41, 5.74) is 10.5. The van der Waals surface area contributed by atoms with E-state index in [4.69, 9.17) is 29.0 Å². The standard InChI is InChI=1S/C5H14N2.H2O4S/c6-4-2-1-3-5-7;1-5(2,3)4/h1-7H2;(H2,1,2,3,4). The molecule has 6 nitrogen and oxygen atoms in total. The van der Waals surface area contributed by atoms with Crippen molar-refractivity contribution in [2.45, 2.75) is 19.3 Å². The largest absolute Gasteiger partial charge is 0.394 e. The van der Waals surface area contributed by atoms with Gasteiger partial charge in [0.05, 0.1) is 0 Å². The molecule has 6 N–H and O–H groups in total. The van der Waals surface area contributed by atoms with Crippen LogP contribution in [0.5, 0.6) is 0 Å². The first kappa shape index (κ1) is 14.3. The fraction of sp³-hybridized carbons (Fsp3) is 1.00. The molecule has 0 radical (unpaired) electrons. The average molecular weight is 200 g/mol. The van der Waals surface area contributed by atoms with Crippen LogP contribution in [0.2, 0.25) is 0 Å². The van der Waals surface area contributed by atoms with Gasteiger partial charge in [-0.05, 0) is 25.9 Å². The van der Waals surface area contributed by atoms with E-state index in [1.165, 1.54) is 6.42 Å². The molecule has 0 bridgehead atoms. The number of hydrogen-bond donors (Lipinski definition) is 4. The Kier molecular flexibility index (Phi) is 10.6. The summed E-state index contributed by atoms with van der Waals surface area (Å²) in [6.45, 7) is 1.61. The summed E-state index contributed by atoms with van der Waals surface area (Å²) in [5.74, 6) is 0. The topological polar surface area (TPSA) is 127 Å². The average Bonchev–Trinajstić information content (AvgIpc) is 1.85. The third-order valence-corrected chi connectivity index (χ3v) is 0.908. The van der Waals surface area contributed by atoms with Crippen molar-refractivity contribution in [1.82, 2.24) is 0 Å². The van der Waals surface area contributed by atoms with E-state index < -0.39 is 10.4 Å². The lowest BCUT2D eigenvalue weighted by atomic mass is 10.2. The molecule has 0 unspecified atom stereocenters. The Balaban J connectivity index is 0. The third-order valence-electron chi connectivity index (χ3n) is 0.908. The lowest BCUT2D eigenvalue weighted by Gasteiger charge is -1.91. The Morgan fingerprint density at radius 3 is 1.33 bits per heavy atom. The number of hydrogen-bond acceptors (Lipinski definition) is 4. The lowest BCUT2D eigenvalue weighted by Crippen LogP contribution is -2.02. The molecule has 0 aliphatic carbocycles. The molecule has 0 heterocycles. The second-order valence-electron chi connectivity index (χ2n) is 2.09. The minimum atomic E-state index is -4.67. The summed E-state index contributed by atoms with van der Waals surface area (Å²) in [5, 5.41) is 0. The first-order valence-electron chi connectivity index (χ1n) is 3.51. The van der Waals surface area contributed by atoms with Gasteiger partial charge in [0.15, 0.2) is 0 Å². The van der Waals surface area contributed by atoms with Gasteiger partial charge < -0.3 is 11.5 Å². The van der Waals surface area contributed by atoms with E-state index >= 15 is 0 Å². The third kappa shape index (κ3) is 52.7. The molecule has 0 saturated carbocycles. The van der Waals surface area contributed by atoms with Crippen LogP contribution in [0, 0.1) is 0 Å². The predicted molar refractivity (Wildman–Crippen MR) is 46.1 cm³/mol. The van der Waals surface area contributed by atoms with Crippen molar-refractivity contribution in [1.29, 1.82) is 0 Å². The molecule has 0 amide bonds. The van der Waals surface area contributed by atoms with Crippen LogP contribution in [0.25, 0.3) is 0 Å². The maximum absolute atomic E-state index is 8.74. The van der Waals surface area contributed by atoms with Gasteiger partial charge in [-0.15, -0.1) is 0 Å². The van der Waals surface area contributed by atoms with Gasteiger partial charge in [-0.2, -0.15) is 8.42 Å². The Hall–Kier alpha value is -0.210. The highest BCUT2D eigenvalue weighted by Gasteiger charge is 1.84. The van der Waals surface area contributed by atoms with E-state index in [0.717, 1.165) is 25.9 Å². The number of unbranched alkanes of at least 4 members (excludes halogenated alkanes) is 2. The molecular formula is C5H16N2O4S. The van der Waals surface area contributed by atoms with Gasteiger partial charge in [0.25, 0.3) is 0 Å². The van der Waals surface area contributed by atoms with E-state index in [2.05, 4.69) is 0 Å². The minimum absolute atomic E-state index is 0.806. The highest BCUT2D eigenvalue weighted by Crippen LogP contribution is 1.88. The molecule has 0 aromatic rings. The molecule has 0 aliphatic heterocycles. The molecule has 0 rings (SSSR count). The summed E-state index contributed by atoms with van der Waals surface area (Å²) < 4.78 is 31.6. The van der Waals surface area contributed by atoms with Crippen molar-refractivity contribution in [2.24, 2.45) is 11.5 Å². The van der Waals surface area contributed by atoms with E-state index in [1.54, 1.807) is 0 Å². The van der Waals surface area contributed by atoms with Gasteiger partial charge in [-0.1, -0.05) is 6.42 Å². The fourth-order valence-corrected chi connectivity index (χ4v) is 0.465. The van der Waals surface area contributed by atoms with Crippen molar-refractivity contribution < 1.29 is 17.5 Å². The van der Waals surface area contributed by atoms with Crippen molar-refractivity contribution in [3.63, 3.8) is 0 Å². The lowest BCUT2D eigenvalue weighted by molar-refractivity contribution is 0.381. The molecular weight excluding hydrogens is 184 g/mol. The Bertz CT molecular complexity index is 156. The highest BCUT2D eigenvalue weighted by atomic mass is 32.3. The summed E-state index contributed by atoms with van der Waals surface area (Å²) >= 11 is 0. The first-order chi connectivity index (χ1) is 5.41.